The van der Waals surface area contributed by atoms with Crippen LogP contribution in [0.3, 0.4) is 0 Å². The lowest BCUT2D eigenvalue weighted by atomic mass is 9.84. The average Bonchev–Trinajstić information content (AvgIpc) is 3.39. The normalized spacial score (nSPS) is 21.3. The van der Waals surface area contributed by atoms with Crippen molar-refractivity contribution >= 4 is 11.8 Å². The number of amides is 2. The first kappa shape index (κ1) is 23.2. The molecule has 0 saturated carbocycles. The molecule has 0 unspecified atom stereocenters. The number of carbonyl (C=O) groups is 2. The fourth-order valence-electron chi connectivity index (χ4n) is 4.77. The Kier molecular flexibility index (Phi) is 6.97. The Hall–Kier alpha value is -2.94. The minimum atomic E-state index is -0.611. The molecule has 9 heteroatoms. The minimum absolute atomic E-state index is 0.0475. The Morgan fingerprint density at radius 3 is 2.70 bits per heavy atom. The molecule has 0 aliphatic carbocycles. The molecule has 2 aliphatic heterocycles. The molecule has 1 aromatic heterocycles. The van der Waals surface area contributed by atoms with Crippen LogP contribution in [0, 0.1) is 5.82 Å². The SMILES string of the molecule is COc1ccc(F)c(C[C@]2(CCC(=O)N3CCN(Cc4nccn4C)CC3)CCC(=O)N2)c1. The van der Waals surface area contributed by atoms with Crippen molar-refractivity contribution in [2.24, 2.45) is 7.05 Å². The summed E-state index contributed by atoms with van der Waals surface area (Å²) in [5.74, 6) is 1.29. The zero-order valence-electron chi connectivity index (χ0n) is 19.3. The van der Waals surface area contributed by atoms with Crippen molar-refractivity contribution in [3.63, 3.8) is 0 Å². The van der Waals surface area contributed by atoms with Gasteiger partial charge >= 0.3 is 0 Å². The van der Waals surface area contributed by atoms with Gasteiger partial charge < -0.3 is 19.5 Å². The molecule has 2 saturated heterocycles. The first-order valence-corrected chi connectivity index (χ1v) is 11.5. The molecule has 2 fully saturated rings. The monoisotopic (exact) mass is 457 g/mol. The smallest absolute Gasteiger partial charge is 0.222 e. The fourth-order valence-corrected chi connectivity index (χ4v) is 4.77. The van der Waals surface area contributed by atoms with Gasteiger partial charge in [0.25, 0.3) is 0 Å². The molecule has 3 heterocycles. The molecule has 4 rings (SSSR count). The third-order valence-corrected chi connectivity index (χ3v) is 6.85. The summed E-state index contributed by atoms with van der Waals surface area (Å²) in [6.45, 7) is 3.72. The van der Waals surface area contributed by atoms with E-state index in [1.807, 2.05) is 22.7 Å². The van der Waals surface area contributed by atoms with E-state index in [0.29, 0.717) is 56.5 Å². The molecule has 1 atom stereocenters. The van der Waals surface area contributed by atoms with E-state index in [9.17, 15) is 14.0 Å². The summed E-state index contributed by atoms with van der Waals surface area (Å²) in [6.07, 6.45) is 5.87. The molecule has 1 aromatic carbocycles. The summed E-state index contributed by atoms with van der Waals surface area (Å²) < 4.78 is 21.7. The van der Waals surface area contributed by atoms with Crippen LogP contribution < -0.4 is 10.1 Å². The van der Waals surface area contributed by atoms with Crippen LogP contribution >= 0.6 is 0 Å². The highest BCUT2D eigenvalue weighted by molar-refractivity contribution is 5.80. The van der Waals surface area contributed by atoms with Crippen LogP contribution in [0.4, 0.5) is 4.39 Å². The number of ether oxygens (including phenoxy) is 1. The van der Waals surface area contributed by atoms with E-state index in [-0.39, 0.29) is 17.6 Å². The Morgan fingerprint density at radius 1 is 1.27 bits per heavy atom. The zero-order valence-corrected chi connectivity index (χ0v) is 19.3. The van der Waals surface area contributed by atoms with Crippen LogP contribution in [0.25, 0.3) is 0 Å². The number of hydrogen-bond donors (Lipinski definition) is 1. The van der Waals surface area contributed by atoms with Gasteiger partial charge in [0.15, 0.2) is 0 Å². The molecule has 2 aliphatic rings. The number of aromatic nitrogens is 2. The van der Waals surface area contributed by atoms with E-state index >= 15 is 0 Å². The number of benzene rings is 1. The quantitative estimate of drug-likeness (QED) is 0.655. The van der Waals surface area contributed by atoms with Crippen molar-refractivity contribution in [3.8, 4) is 5.75 Å². The Bertz CT molecular complexity index is 1000. The van der Waals surface area contributed by atoms with Gasteiger partial charge in [0.2, 0.25) is 11.8 Å². The van der Waals surface area contributed by atoms with Crippen LogP contribution in [0.15, 0.2) is 30.6 Å². The van der Waals surface area contributed by atoms with Crippen LogP contribution in [0.1, 0.15) is 37.1 Å². The van der Waals surface area contributed by atoms with E-state index in [1.165, 1.54) is 6.07 Å². The van der Waals surface area contributed by atoms with Crippen LogP contribution in [0.2, 0.25) is 0 Å². The molecule has 2 aromatic rings. The Morgan fingerprint density at radius 2 is 2.06 bits per heavy atom. The molecule has 2 amide bonds. The lowest BCUT2D eigenvalue weighted by Crippen LogP contribution is -2.49. The first-order chi connectivity index (χ1) is 15.9. The maximum absolute atomic E-state index is 14.5. The van der Waals surface area contributed by atoms with Gasteiger partial charge in [0, 0.05) is 64.0 Å². The largest absolute Gasteiger partial charge is 0.497 e. The molecule has 33 heavy (non-hydrogen) atoms. The summed E-state index contributed by atoms with van der Waals surface area (Å²) in [5.41, 5.74) is -0.119. The third-order valence-electron chi connectivity index (χ3n) is 6.85. The molecule has 0 spiro atoms. The Balaban J connectivity index is 1.33. The van der Waals surface area contributed by atoms with E-state index in [0.717, 1.165) is 25.5 Å². The highest BCUT2D eigenvalue weighted by atomic mass is 19.1. The van der Waals surface area contributed by atoms with Gasteiger partial charge in [-0.2, -0.15) is 0 Å². The van der Waals surface area contributed by atoms with Gasteiger partial charge in [-0.05, 0) is 43.0 Å². The van der Waals surface area contributed by atoms with E-state index in [2.05, 4.69) is 15.2 Å². The summed E-state index contributed by atoms with van der Waals surface area (Å²) in [5, 5.41) is 3.04. The number of nitrogens with zero attached hydrogens (tertiary/aromatic N) is 4. The zero-order chi connectivity index (χ0) is 23.4. The van der Waals surface area contributed by atoms with Gasteiger partial charge in [0.05, 0.1) is 13.7 Å². The first-order valence-electron chi connectivity index (χ1n) is 11.5. The summed E-state index contributed by atoms with van der Waals surface area (Å²) in [7, 11) is 3.52. The maximum atomic E-state index is 14.5. The minimum Gasteiger partial charge on any atom is -0.497 e. The van der Waals surface area contributed by atoms with Gasteiger partial charge in [-0.25, -0.2) is 9.37 Å². The molecule has 0 radical (unpaired) electrons. The standard InChI is InChI=1S/C24H32FN5O3/c1-28-10-9-26-21(28)17-29-11-13-30(14-12-29)23(32)6-8-24(7-5-22(31)27-24)16-18-15-19(33-2)3-4-20(18)25/h3-4,9-10,15H,5-8,11-14,16-17H2,1-2H3,(H,27,31)/t24-/m1/s1. The fraction of sp³-hybridized carbons (Fsp3) is 0.542. The average molecular weight is 458 g/mol. The van der Waals surface area contributed by atoms with Gasteiger partial charge in [-0.15, -0.1) is 0 Å². The third kappa shape index (κ3) is 5.52. The van der Waals surface area contributed by atoms with Crippen LogP contribution in [-0.4, -0.2) is 70.0 Å². The van der Waals surface area contributed by atoms with Gasteiger partial charge in [-0.1, -0.05) is 0 Å². The molecule has 0 bridgehead atoms. The number of halogens is 1. The molecule has 178 valence electrons. The van der Waals surface area contributed by atoms with Crippen molar-refractivity contribution in [2.75, 3.05) is 33.3 Å². The number of piperazine rings is 1. The Labute approximate surface area is 193 Å². The highest BCUT2D eigenvalue weighted by Crippen LogP contribution is 2.32. The molecular formula is C24H32FN5O3. The van der Waals surface area contributed by atoms with Crippen molar-refractivity contribution < 1.29 is 18.7 Å². The van der Waals surface area contributed by atoms with Crippen molar-refractivity contribution in [1.29, 1.82) is 0 Å². The predicted octanol–water partition coefficient (Wildman–Crippen LogP) is 1.88. The highest BCUT2D eigenvalue weighted by Gasteiger charge is 2.39. The molecule has 8 nitrogen and oxygen atoms in total. The lowest BCUT2D eigenvalue weighted by molar-refractivity contribution is -0.133. The van der Waals surface area contributed by atoms with Gasteiger partial charge in [0.1, 0.15) is 17.4 Å². The number of methoxy groups -OCH3 is 1. The van der Waals surface area contributed by atoms with E-state index in [4.69, 9.17) is 4.74 Å². The number of hydrogen-bond acceptors (Lipinski definition) is 5. The van der Waals surface area contributed by atoms with E-state index < -0.39 is 5.54 Å². The summed E-state index contributed by atoms with van der Waals surface area (Å²) >= 11 is 0. The summed E-state index contributed by atoms with van der Waals surface area (Å²) in [6, 6.07) is 4.63. The van der Waals surface area contributed by atoms with Crippen LogP contribution in [0.5, 0.6) is 5.75 Å². The number of aryl methyl sites for hydroxylation is 1. The second kappa shape index (κ2) is 9.91. The van der Waals surface area contributed by atoms with Crippen molar-refractivity contribution in [2.45, 2.75) is 44.2 Å². The lowest BCUT2D eigenvalue weighted by Gasteiger charge is -2.35. The number of imidazole rings is 1. The van der Waals surface area contributed by atoms with Crippen molar-refractivity contribution in [3.05, 3.63) is 47.8 Å². The second-order valence-electron chi connectivity index (χ2n) is 9.07. The molecular weight excluding hydrogens is 425 g/mol. The number of nitrogens with one attached hydrogen (secondary N) is 1. The second-order valence-corrected chi connectivity index (χ2v) is 9.07. The summed E-state index contributed by atoms with van der Waals surface area (Å²) in [4.78, 5) is 33.6. The van der Waals surface area contributed by atoms with E-state index in [1.54, 1.807) is 25.4 Å². The van der Waals surface area contributed by atoms with Crippen LogP contribution in [-0.2, 0) is 29.6 Å². The number of rotatable bonds is 8. The van der Waals surface area contributed by atoms with Gasteiger partial charge in [-0.3, -0.25) is 14.5 Å². The van der Waals surface area contributed by atoms with Crippen molar-refractivity contribution in [1.82, 2.24) is 24.7 Å². The predicted molar refractivity (Wildman–Crippen MR) is 121 cm³/mol. The molecule has 1 N–H and O–H groups in total. The number of carbonyl (C=O) groups excluding carboxylic acids is 2. The maximum Gasteiger partial charge on any atom is 0.222 e. The topological polar surface area (TPSA) is 79.7 Å².